The molecule has 5 heteroatoms. The molecule has 0 aliphatic carbocycles. The Morgan fingerprint density at radius 1 is 1.43 bits per heavy atom. The molecule has 14 heavy (non-hydrogen) atoms. The normalized spacial score (nSPS) is 10.4. The number of nitrogens with one attached hydrogen (secondary N) is 1. The van der Waals surface area contributed by atoms with Crippen molar-refractivity contribution in [1.29, 1.82) is 0 Å². The minimum atomic E-state index is -0.267. The van der Waals surface area contributed by atoms with Crippen molar-refractivity contribution in [3.8, 4) is 0 Å². The van der Waals surface area contributed by atoms with Crippen LogP contribution in [0, 0.1) is 0 Å². The van der Waals surface area contributed by atoms with E-state index in [2.05, 4.69) is 5.32 Å². The number of carbonyl (C=O) groups excluding carboxylic acids is 2. The summed E-state index contributed by atoms with van der Waals surface area (Å²) in [5.41, 5.74) is 0. The number of hydrogen-bond donors (Lipinski definition) is 1. The van der Waals surface area contributed by atoms with Gasteiger partial charge in [-0.3, -0.25) is 9.59 Å². The molecule has 0 unspecified atom stereocenters. The van der Waals surface area contributed by atoms with Crippen LogP contribution in [0.2, 0.25) is 0 Å². The van der Waals surface area contributed by atoms with Crippen molar-refractivity contribution in [2.24, 2.45) is 0 Å². The second-order valence-corrected chi connectivity index (χ2v) is 3.00. The van der Waals surface area contributed by atoms with E-state index < -0.39 is 0 Å². The first kappa shape index (κ1) is 13.2. The largest absolute Gasteiger partial charge is 0.350 e. The zero-order valence-electron chi connectivity index (χ0n) is 8.41. The highest BCUT2D eigenvalue weighted by Gasteiger charge is 1.95. The van der Waals surface area contributed by atoms with Crippen molar-refractivity contribution in [2.75, 3.05) is 19.4 Å². The molecule has 0 aliphatic rings. The second-order valence-electron chi connectivity index (χ2n) is 2.43. The zero-order chi connectivity index (χ0) is 10.8. The molecule has 0 spiro atoms. The van der Waals surface area contributed by atoms with Crippen molar-refractivity contribution in [1.82, 2.24) is 5.32 Å². The number of allylic oxidation sites excluding steroid dienone is 1. The molecule has 1 amide bonds. The molecule has 0 heterocycles. The first-order valence-electron chi connectivity index (χ1n) is 4.35. The highest BCUT2D eigenvalue weighted by molar-refractivity contribution is 7.93. The summed E-state index contributed by atoms with van der Waals surface area (Å²) in [5, 5.41) is 2.58. The van der Waals surface area contributed by atoms with Crippen molar-refractivity contribution in [3.05, 3.63) is 12.2 Å². The summed E-state index contributed by atoms with van der Waals surface area (Å²) >= 11 is 1.25. The Kier molecular flexibility index (Phi) is 8.27. The molecule has 80 valence electrons. The molecular weight excluding hydrogens is 202 g/mol. The first-order chi connectivity index (χ1) is 6.70. The van der Waals surface area contributed by atoms with Gasteiger partial charge in [-0.05, 0) is 18.1 Å². The third-order valence-electron chi connectivity index (χ3n) is 1.37. The van der Waals surface area contributed by atoms with Gasteiger partial charge in [0, 0.05) is 25.3 Å². The Morgan fingerprint density at radius 2 is 2.14 bits per heavy atom. The number of hydrogen-bond acceptors (Lipinski definition) is 4. The van der Waals surface area contributed by atoms with Gasteiger partial charge >= 0.3 is 0 Å². The molecule has 4 nitrogen and oxygen atoms in total. The Morgan fingerprint density at radius 3 is 2.71 bits per heavy atom. The van der Waals surface area contributed by atoms with Gasteiger partial charge in [0.1, 0.15) is 0 Å². The fourth-order valence-corrected chi connectivity index (χ4v) is 0.895. The van der Waals surface area contributed by atoms with E-state index in [0.29, 0.717) is 19.6 Å². The monoisotopic (exact) mass is 217 g/mol. The van der Waals surface area contributed by atoms with E-state index in [0.717, 1.165) is 0 Å². The number of ketones is 1. The van der Waals surface area contributed by atoms with Crippen LogP contribution in [0.1, 0.15) is 13.3 Å². The molecule has 1 N–H and O–H groups in total. The van der Waals surface area contributed by atoms with Crippen LogP contribution in [-0.2, 0) is 13.8 Å². The molecule has 0 atom stereocenters. The van der Waals surface area contributed by atoms with E-state index in [1.807, 2.05) is 6.26 Å². The Balaban J connectivity index is 3.55. The number of amides is 1. The summed E-state index contributed by atoms with van der Waals surface area (Å²) < 4.78 is 4.94. The fraction of sp³-hybridized carbons (Fsp3) is 0.556. The van der Waals surface area contributed by atoms with Crippen LogP contribution >= 0.6 is 12.0 Å². The average Bonchev–Trinajstić information content (AvgIpc) is 2.21. The maximum atomic E-state index is 11.0. The van der Waals surface area contributed by atoms with Crippen LogP contribution < -0.4 is 5.32 Å². The van der Waals surface area contributed by atoms with E-state index in [-0.39, 0.29) is 11.7 Å². The van der Waals surface area contributed by atoms with E-state index in [1.165, 1.54) is 24.2 Å². The molecule has 0 saturated heterocycles. The second kappa shape index (κ2) is 8.77. The molecule has 0 radical (unpaired) electrons. The molecular formula is C9H15NO3S. The lowest BCUT2D eigenvalue weighted by molar-refractivity contribution is -0.117. The minimum absolute atomic E-state index is 0.0551. The smallest absolute Gasteiger partial charge is 0.244 e. The predicted molar refractivity (Wildman–Crippen MR) is 56.9 cm³/mol. The van der Waals surface area contributed by atoms with Gasteiger partial charge in [0.05, 0.1) is 6.61 Å². The van der Waals surface area contributed by atoms with Gasteiger partial charge in [0.15, 0.2) is 5.78 Å². The maximum absolute atomic E-state index is 11.0. The van der Waals surface area contributed by atoms with Crippen molar-refractivity contribution >= 4 is 23.7 Å². The third kappa shape index (κ3) is 7.82. The number of carbonyl (C=O) groups is 2. The summed E-state index contributed by atoms with van der Waals surface area (Å²) in [7, 11) is 0. The fourth-order valence-electron chi connectivity index (χ4n) is 0.645. The summed E-state index contributed by atoms with van der Waals surface area (Å²) in [4.78, 5) is 21.8. The predicted octanol–water partition coefficient (Wildman–Crippen LogP) is 0.932. The molecule has 0 saturated carbocycles. The molecule has 0 fully saturated rings. The topological polar surface area (TPSA) is 55.4 Å². The van der Waals surface area contributed by atoms with Gasteiger partial charge in [-0.25, -0.2) is 0 Å². The lowest BCUT2D eigenvalue weighted by atomic mass is 10.3. The lowest BCUT2D eigenvalue weighted by Crippen LogP contribution is -2.24. The quantitative estimate of drug-likeness (QED) is 0.391. The Hall–Kier alpha value is -0.810. The van der Waals surface area contributed by atoms with Gasteiger partial charge in [-0.2, -0.15) is 0 Å². The molecule has 0 aliphatic heterocycles. The van der Waals surface area contributed by atoms with Crippen molar-refractivity contribution in [3.63, 3.8) is 0 Å². The molecule has 0 aromatic heterocycles. The first-order valence-corrected chi connectivity index (χ1v) is 5.50. The SMILES string of the molecule is CCC(=O)/C=C/C(=O)NCCOSC. The van der Waals surface area contributed by atoms with Gasteiger partial charge in [-0.1, -0.05) is 6.92 Å². The summed E-state index contributed by atoms with van der Waals surface area (Å²) in [6.45, 7) is 2.66. The summed E-state index contributed by atoms with van der Waals surface area (Å²) in [6.07, 6.45) is 4.75. The molecule has 0 bridgehead atoms. The van der Waals surface area contributed by atoms with Crippen LogP contribution in [-0.4, -0.2) is 31.1 Å². The molecule has 0 aromatic rings. The molecule has 0 aromatic carbocycles. The average molecular weight is 217 g/mol. The maximum Gasteiger partial charge on any atom is 0.244 e. The zero-order valence-corrected chi connectivity index (χ0v) is 9.23. The van der Waals surface area contributed by atoms with E-state index in [4.69, 9.17) is 4.18 Å². The third-order valence-corrected chi connectivity index (χ3v) is 1.77. The standard InChI is InChI=1S/C9H15NO3S/c1-3-8(11)4-5-9(12)10-6-7-13-14-2/h4-5H,3,6-7H2,1-2H3,(H,10,12)/b5-4+. The Labute approximate surface area is 88.3 Å². The van der Waals surface area contributed by atoms with Crippen LogP contribution in [0.4, 0.5) is 0 Å². The van der Waals surface area contributed by atoms with Crippen molar-refractivity contribution < 1.29 is 13.8 Å². The van der Waals surface area contributed by atoms with Gasteiger partial charge in [0.2, 0.25) is 5.91 Å². The van der Waals surface area contributed by atoms with E-state index in [1.54, 1.807) is 6.92 Å². The minimum Gasteiger partial charge on any atom is -0.350 e. The summed E-state index contributed by atoms with van der Waals surface area (Å²) in [5.74, 6) is -0.322. The van der Waals surface area contributed by atoms with Crippen LogP contribution in [0.3, 0.4) is 0 Å². The highest BCUT2D eigenvalue weighted by atomic mass is 32.2. The summed E-state index contributed by atoms with van der Waals surface area (Å²) in [6, 6.07) is 0. The molecule has 0 rings (SSSR count). The van der Waals surface area contributed by atoms with Gasteiger partial charge < -0.3 is 9.50 Å². The highest BCUT2D eigenvalue weighted by Crippen LogP contribution is 1.91. The van der Waals surface area contributed by atoms with Crippen LogP contribution in [0.15, 0.2) is 12.2 Å². The Bertz CT molecular complexity index is 216. The van der Waals surface area contributed by atoms with Gasteiger partial charge in [0.25, 0.3) is 0 Å². The van der Waals surface area contributed by atoms with E-state index >= 15 is 0 Å². The van der Waals surface area contributed by atoms with Gasteiger partial charge in [-0.15, -0.1) is 0 Å². The lowest BCUT2D eigenvalue weighted by Gasteiger charge is -2.00. The van der Waals surface area contributed by atoms with E-state index in [9.17, 15) is 9.59 Å². The van der Waals surface area contributed by atoms with Crippen LogP contribution in [0.25, 0.3) is 0 Å². The van der Waals surface area contributed by atoms with Crippen LogP contribution in [0.5, 0.6) is 0 Å². The number of rotatable bonds is 7. The van der Waals surface area contributed by atoms with Crippen molar-refractivity contribution in [2.45, 2.75) is 13.3 Å².